The van der Waals surface area contributed by atoms with E-state index < -0.39 is 0 Å². The van der Waals surface area contributed by atoms with Crippen LogP contribution < -0.4 is 4.74 Å². The molecule has 0 aliphatic rings. The lowest BCUT2D eigenvalue weighted by Gasteiger charge is -2.05. The third-order valence-corrected chi connectivity index (χ3v) is 5.28. The molecular formula is C17H14Br2OS. The van der Waals surface area contributed by atoms with Crippen molar-refractivity contribution < 1.29 is 4.74 Å². The van der Waals surface area contributed by atoms with Crippen molar-refractivity contribution >= 4 is 53.3 Å². The number of alkyl halides is 1. The molecule has 1 heterocycles. The number of fused-ring (bicyclic) bond motifs is 1. The molecule has 3 aromatic rings. The Morgan fingerprint density at radius 3 is 2.62 bits per heavy atom. The minimum atomic E-state index is 0.752. The Balaban J connectivity index is 1.90. The van der Waals surface area contributed by atoms with E-state index in [1.165, 1.54) is 21.2 Å². The Labute approximate surface area is 145 Å². The van der Waals surface area contributed by atoms with Crippen LogP contribution in [0.2, 0.25) is 0 Å². The van der Waals surface area contributed by atoms with E-state index in [0.717, 1.165) is 28.6 Å². The summed E-state index contributed by atoms with van der Waals surface area (Å²) in [5.74, 6) is 0.952. The fraction of sp³-hybridized carbons (Fsp3) is 0.176. The molecule has 0 spiro atoms. The molecule has 0 aliphatic heterocycles. The van der Waals surface area contributed by atoms with Gasteiger partial charge in [0, 0.05) is 25.5 Å². The minimum Gasteiger partial charge on any atom is -0.494 e. The lowest BCUT2D eigenvalue weighted by molar-refractivity contribution is 0.319. The van der Waals surface area contributed by atoms with Crippen LogP contribution in [-0.2, 0) is 0 Å². The van der Waals surface area contributed by atoms with E-state index in [1.807, 2.05) is 0 Å². The number of ether oxygens (including phenoxy) is 1. The fourth-order valence-electron chi connectivity index (χ4n) is 2.20. The van der Waals surface area contributed by atoms with Crippen molar-refractivity contribution in [2.45, 2.75) is 6.42 Å². The molecule has 3 rings (SSSR count). The van der Waals surface area contributed by atoms with Gasteiger partial charge in [0.05, 0.1) is 6.61 Å². The van der Waals surface area contributed by atoms with E-state index >= 15 is 0 Å². The van der Waals surface area contributed by atoms with Gasteiger partial charge in [-0.1, -0.05) is 44.0 Å². The number of hydrogen-bond acceptors (Lipinski definition) is 2. The first-order chi connectivity index (χ1) is 10.3. The molecule has 4 heteroatoms. The van der Waals surface area contributed by atoms with E-state index in [2.05, 4.69) is 79.7 Å². The number of thiophene rings is 1. The zero-order valence-electron chi connectivity index (χ0n) is 11.3. The van der Waals surface area contributed by atoms with Crippen molar-refractivity contribution in [1.82, 2.24) is 0 Å². The first-order valence-corrected chi connectivity index (χ1v) is 9.53. The van der Waals surface area contributed by atoms with E-state index in [9.17, 15) is 0 Å². The van der Waals surface area contributed by atoms with E-state index in [0.29, 0.717) is 0 Å². The summed E-state index contributed by atoms with van der Waals surface area (Å²) in [4.78, 5) is 0. The number of rotatable bonds is 5. The van der Waals surface area contributed by atoms with Crippen molar-refractivity contribution in [3.63, 3.8) is 0 Å². The summed E-state index contributed by atoms with van der Waals surface area (Å²) in [6, 6.07) is 14.8. The molecule has 0 N–H and O–H groups in total. The van der Waals surface area contributed by atoms with Gasteiger partial charge >= 0.3 is 0 Å². The van der Waals surface area contributed by atoms with E-state index in [1.54, 1.807) is 11.3 Å². The first kappa shape index (κ1) is 15.1. The van der Waals surface area contributed by atoms with Crippen LogP contribution in [0.4, 0.5) is 0 Å². The SMILES string of the molecule is BrCCCOc1ccc2c(-c3ccc(Br)cc3)csc2c1. The Morgan fingerprint density at radius 2 is 1.86 bits per heavy atom. The van der Waals surface area contributed by atoms with Gasteiger partial charge in [0.1, 0.15) is 5.75 Å². The Kier molecular flexibility index (Phi) is 4.99. The highest BCUT2D eigenvalue weighted by atomic mass is 79.9. The van der Waals surface area contributed by atoms with E-state index in [4.69, 9.17) is 4.74 Å². The van der Waals surface area contributed by atoms with Gasteiger partial charge in [0.25, 0.3) is 0 Å². The zero-order valence-corrected chi connectivity index (χ0v) is 15.3. The monoisotopic (exact) mass is 424 g/mol. The van der Waals surface area contributed by atoms with Crippen LogP contribution >= 0.6 is 43.2 Å². The van der Waals surface area contributed by atoms with Crippen molar-refractivity contribution in [2.75, 3.05) is 11.9 Å². The second-order valence-electron chi connectivity index (χ2n) is 4.71. The van der Waals surface area contributed by atoms with Gasteiger partial charge in [-0.15, -0.1) is 11.3 Å². The maximum absolute atomic E-state index is 5.76. The second kappa shape index (κ2) is 6.95. The summed E-state index contributed by atoms with van der Waals surface area (Å²) in [5.41, 5.74) is 2.53. The van der Waals surface area contributed by atoms with Gasteiger partial charge < -0.3 is 4.74 Å². The molecule has 0 fully saturated rings. The normalized spacial score (nSPS) is 11.0. The van der Waals surface area contributed by atoms with Gasteiger partial charge in [-0.25, -0.2) is 0 Å². The highest BCUT2D eigenvalue weighted by Gasteiger charge is 2.07. The molecule has 0 bridgehead atoms. The summed E-state index contributed by atoms with van der Waals surface area (Å²) >= 11 is 8.66. The molecule has 0 radical (unpaired) electrons. The first-order valence-electron chi connectivity index (χ1n) is 6.74. The Bertz CT molecular complexity index is 734. The molecular weight excluding hydrogens is 412 g/mol. The van der Waals surface area contributed by atoms with Crippen LogP contribution in [-0.4, -0.2) is 11.9 Å². The largest absolute Gasteiger partial charge is 0.494 e. The molecule has 0 amide bonds. The maximum atomic E-state index is 5.76. The average molecular weight is 426 g/mol. The predicted octanol–water partition coefficient (Wildman–Crippen LogP) is 6.49. The quantitative estimate of drug-likeness (QED) is 0.335. The summed E-state index contributed by atoms with van der Waals surface area (Å²) in [7, 11) is 0. The van der Waals surface area contributed by atoms with Gasteiger partial charge in [-0.2, -0.15) is 0 Å². The minimum absolute atomic E-state index is 0.752. The van der Waals surface area contributed by atoms with Crippen LogP contribution in [0.1, 0.15) is 6.42 Å². The van der Waals surface area contributed by atoms with Crippen molar-refractivity contribution in [1.29, 1.82) is 0 Å². The van der Waals surface area contributed by atoms with Gasteiger partial charge in [-0.05, 0) is 47.7 Å². The molecule has 0 saturated heterocycles. The van der Waals surface area contributed by atoms with Gasteiger partial charge in [0.2, 0.25) is 0 Å². The molecule has 0 unspecified atom stereocenters. The lowest BCUT2D eigenvalue weighted by atomic mass is 10.1. The van der Waals surface area contributed by atoms with Crippen molar-refractivity contribution in [3.05, 3.63) is 52.3 Å². The van der Waals surface area contributed by atoms with Crippen molar-refractivity contribution in [3.8, 4) is 16.9 Å². The zero-order chi connectivity index (χ0) is 14.7. The molecule has 0 aliphatic carbocycles. The van der Waals surface area contributed by atoms with Gasteiger partial charge in [-0.3, -0.25) is 0 Å². The Hall–Kier alpha value is -0.840. The number of benzene rings is 2. The van der Waals surface area contributed by atoms with Crippen LogP contribution in [0.3, 0.4) is 0 Å². The predicted molar refractivity (Wildman–Crippen MR) is 98.9 cm³/mol. The topological polar surface area (TPSA) is 9.23 Å². The smallest absolute Gasteiger partial charge is 0.120 e. The highest BCUT2D eigenvalue weighted by molar-refractivity contribution is 9.10. The maximum Gasteiger partial charge on any atom is 0.120 e. The number of hydrogen-bond donors (Lipinski definition) is 0. The number of halogens is 2. The van der Waals surface area contributed by atoms with E-state index in [-0.39, 0.29) is 0 Å². The second-order valence-corrected chi connectivity index (χ2v) is 7.33. The summed E-state index contributed by atoms with van der Waals surface area (Å²) < 4.78 is 8.13. The van der Waals surface area contributed by atoms with Crippen molar-refractivity contribution in [2.24, 2.45) is 0 Å². The molecule has 108 valence electrons. The third-order valence-electron chi connectivity index (χ3n) is 3.25. The highest BCUT2D eigenvalue weighted by Crippen LogP contribution is 2.36. The molecule has 0 atom stereocenters. The Morgan fingerprint density at radius 1 is 1.05 bits per heavy atom. The average Bonchev–Trinajstić information content (AvgIpc) is 2.91. The van der Waals surface area contributed by atoms with Gasteiger partial charge in [0.15, 0.2) is 0 Å². The standard InChI is InChI=1S/C17H14Br2OS/c18-8-1-9-20-14-6-7-15-16(11-21-17(15)10-14)12-2-4-13(19)5-3-12/h2-7,10-11H,1,8-9H2. The van der Waals surface area contributed by atoms with Crippen LogP contribution in [0, 0.1) is 0 Å². The lowest BCUT2D eigenvalue weighted by Crippen LogP contribution is -1.97. The summed E-state index contributed by atoms with van der Waals surface area (Å²) in [6.07, 6.45) is 1.02. The molecule has 2 aromatic carbocycles. The molecule has 0 saturated carbocycles. The molecule has 1 aromatic heterocycles. The summed E-state index contributed by atoms with van der Waals surface area (Å²) in [5, 5.41) is 4.48. The van der Waals surface area contributed by atoms with Crippen LogP contribution in [0.5, 0.6) is 5.75 Å². The van der Waals surface area contributed by atoms with Crippen LogP contribution in [0.25, 0.3) is 21.2 Å². The molecule has 21 heavy (non-hydrogen) atoms. The fourth-order valence-corrected chi connectivity index (χ4v) is 3.69. The summed E-state index contributed by atoms with van der Waals surface area (Å²) in [6.45, 7) is 0.752. The molecule has 1 nitrogen and oxygen atoms in total. The third kappa shape index (κ3) is 3.50. The van der Waals surface area contributed by atoms with Crippen LogP contribution in [0.15, 0.2) is 52.3 Å².